The molecule has 0 saturated carbocycles. The molecular formula is C21H22FN5O. The van der Waals surface area contributed by atoms with Gasteiger partial charge >= 0.3 is 0 Å². The molecule has 0 unspecified atom stereocenters. The number of benzene rings is 2. The zero-order chi connectivity index (χ0) is 19.5. The van der Waals surface area contributed by atoms with Gasteiger partial charge in [0, 0.05) is 31.9 Å². The minimum Gasteiger partial charge on any atom is -0.437 e. The summed E-state index contributed by atoms with van der Waals surface area (Å²) < 4.78 is 19.0. The van der Waals surface area contributed by atoms with Gasteiger partial charge in [-0.2, -0.15) is 4.98 Å². The van der Waals surface area contributed by atoms with Crippen LogP contribution in [0.1, 0.15) is 5.56 Å². The van der Waals surface area contributed by atoms with Crippen LogP contribution in [0.4, 0.5) is 21.6 Å². The van der Waals surface area contributed by atoms with E-state index in [2.05, 4.69) is 19.8 Å². The van der Waals surface area contributed by atoms with E-state index in [1.54, 1.807) is 12.1 Å². The van der Waals surface area contributed by atoms with Crippen LogP contribution in [0, 0.1) is 12.7 Å². The van der Waals surface area contributed by atoms with Gasteiger partial charge in [-0.1, -0.05) is 17.7 Å². The van der Waals surface area contributed by atoms with E-state index < -0.39 is 0 Å². The number of anilines is 3. The van der Waals surface area contributed by atoms with Crippen LogP contribution in [0.5, 0.6) is 11.6 Å². The summed E-state index contributed by atoms with van der Waals surface area (Å²) >= 11 is 0. The zero-order valence-electron chi connectivity index (χ0n) is 15.7. The second-order valence-corrected chi connectivity index (χ2v) is 6.78. The fourth-order valence-electron chi connectivity index (χ4n) is 3.25. The number of nitrogens with zero attached hydrogens (tertiary/aromatic N) is 4. The number of hydrogen-bond donors (Lipinski definition) is 1. The van der Waals surface area contributed by atoms with E-state index in [4.69, 9.17) is 10.5 Å². The average Bonchev–Trinajstić information content (AvgIpc) is 2.72. The second-order valence-electron chi connectivity index (χ2n) is 6.78. The number of aromatic nitrogens is 2. The van der Waals surface area contributed by atoms with E-state index in [1.165, 1.54) is 18.5 Å². The van der Waals surface area contributed by atoms with Crippen molar-refractivity contribution in [1.82, 2.24) is 9.97 Å². The number of aryl methyl sites for hydroxylation is 1. The van der Waals surface area contributed by atoms with Gasteiger partial charge in [-0.3, -0.25) is 0 Å². The number of piperazine rings is 1. The molecule has 1 saturated heterocycles. The summed E-state index contributed by atoms with van der Waals surface area (Å²) in [6, 6.07) is 14.3. The zero-order valence-corrected chi connectivity index (χ0v) is 15.7. The highest BCUT2D eigenvalue weighted by Crippen LogP contribution is 2.32. The van der Waals surface area contributed by atoms with Crippen molar-refractivity contribution in [2.45, 2.75) is 6.92 Å². The van der Waals surface area contributed by atoms with Gasteiger partial charge in [0.2, 0.25) is 5.88 Å². The van der Waals surface area contributed by atoms with Crippen LogP contribution in [0.15, 0.2) is 54.9 Å². The minimum absolute atomic E-state index is 0.225. The summed E-state index contributed by atoms with van der Waals surface area (Å²) in [6.45, 7) is 5.12. The van der Waals surface area contributed by atoms with Gasteiger partial charge < -0.3 is 20.3 Å². The molecule has 2 heterocycles. The number of nitrogen functional groups attached to an aromatic ring is 1. The molecule has 0 amide bonds. The third-order valence-electron chi connectivity index (χ3n) is 4.83. The Hall–Kier alpha value is -3.35. The molecule has 1 fully saturated rings. The van der Waals surface area contributed by atoms with Gasteiger partial charge in [0.05, 0.1) is 0 Å². The fourth-order valence-corrected chi connectivity index (χ4v) is 3.25. The molecule has 144 valence electrons. The van der Waals surface area contributed by atoms with Crippen molar-refractivity contribution in [2.75, 3.05) is 41.7 Å². The predicted octanol–water partition coefficient (Wildman–Crippen LogP) is 3.63. The van der Waals surface area contributed by atoms with Crippen LogP contribution in [-0.4, -0.2) is 36.1 Å². The number of halogens is 1. The summed E-state index contributed by atoms with van der Waals surface area (Å²) in [5.41, 5.74) is 8.91. The Morgan fingerprint density at radius 2 is 1.54 bits per heavy atom. The Morgan fingerprint density at radius 1 is 0.893 bits per heavy atom. The van der Waals surface area contributed by atoms with E-state index in [-0.39, 0.29) is 5.82 Å². The molecule has 0 spiro atoms. The quantitative estimate of drug-likeness (QED) is 0.747. The monoisotopic (exact) mass is 379 g/mol. The van der Waals surface area contributed by atoms with Gasteiger partial charge in [-0.15, -0.1) is 0 Å². The molecule has 2 N–H and O–H groups in total. The Bertz CT molecular complexity index is 938. The van der Waals surface area contributed by atoms with E-state index in [9.17, 15) is 4.39 Å². The molecule has 0 radical (unpaired) electrons. The molecule has 0 bridgehead atoms. The summed E-state index contributed by atoms with van der Waals surface area (Å²) in [5, 5.41) is 0. The number of rotatable bonds is 4. The molecule has 2 aromatic carbocycles. The molecule has 1 aliphatic rings. The first-order chi connectivity index (χ1) is 13.6. The van der Waals surface area contributed by atoms with Crippen molar-refractivity contribution in [3.8, 4) is 11.6 Å². The van der Waals surface area contributed by atoms with Crippen molar-refractivity contribution in [1.29, 1.82) is 0 Å². The van der Waals surface area contributed by atoms with Gasteiger partial charge in [0.1, 0.15) is 23.6 Å². The Balaban J connectivity index is 1.46. The molecule has 1 aliphatic heterocycles. The lowest BCUT2D eigenvalue weighted by molar-refractivity contribution is 0.463. The molecule has 7 heteroatoms. The summed E-state index contributed by atoms with van der Waals surface area (Å²) in [4.78, 5) is 12.9. The fraction of sp³-hybridized carbons (Fsp3) is 0.238. The Morgan fingerprint density at radius 3 is 2.21 bits per heavy atom. The van der Waals surface area contributed by atoms with E-state index >= 15 is 0 Å². The van der Waals surface area contributed by atoms with Crippen LogP contribution in [0.25, 0.3) is 0 Å². The van der Waals surface area contributed by atoms with Gasteiger partial charge in [0.15, 0.2) is 5.82 Å². The molecule has 3 aromatic rings. The van der Waals surface area contributed by atoms with Crippen LogP contribution in [0.3, 0.4) is 0 Å². The van der Waals surface area contributed by atoms with Crippen molar-refractivity contribution < 1.29 is 9.13 Å². The lowest BCUT2D eigenvalue weighted by Crippen LogP contribution is -2.47. The molecule has 6 nitrogen and oxygen atoms in total. The average molecular weight is 379 g/mol. The number of nitrogens with two attached hydrogens (primary N) is 1. The number of ether oxygens (including phenoxy) is 1. The molecule has 28 heavy (non-hydrogen) atoms. The maximum atomic E-state index is 13.1. The predicted molar refractivity (Wildman–Crippen MR) is 109 cm³/mol. The summed E-state index contributed by atoms with van der Waals surface area (Å²) in [7, 11) is 0. The van der Waals surface area contributed by atoms with Gasteiger partial charge in [-0.05, 0) is 43.3 Å². The molecule has 4 rings (SSSR count). The Labute approximate surface area is 163 Å². The topological polar surface area (TPSA) is 67.5 Å². The first-order valence-corrected chi connectivity index (χ1v) is 9.20. The second kappa shape index (κ2) is 7.72. The molecule has 1 aromatic heterocycles. The highest BCUT2D eigenvalue weighted by Gasteiger charge is 2.22. The highest BCUT2D eigenvalue weighted by atomic mass is 19.1. The maximum Gasteiger partial charge on any atom is 0.248 e. The Kier molecular flexibility index (Phi) is 4.97. The summed E-state index contributed by atoms with van der Waals surface area (Å²) in [6.07, 6.45) is 1.47. The van der Waals surface area contributed by atoms with Crippen LogP contribution < -0.4 is 20.3 Å². The van der Waals surface area contributed by atoms with Gasteiger partial charge in [0.25, 0.3) is 0 Å². The first-order valence-electron chi connectivity index (χ1n) is 9.20. The smallest absolute Gasteiger partial charge is 0.248 e. The third-order valence-corrected chi connectivity index (χ3v) is 4.83. The van der Waals surface area contributed by atoms with Crippen LogP contribution in [0.2, 0.25) is 0 Å². The molecule has 0 aliphatic carbocycles. The van der Waals surface area contributed by atoms with E-state index in [1.807, 2.05) is 31.2 Å². The van der Waals surface area contributed by atoms with E-state index in [0.29, 0.717) is 23.1 Å². The largest absolute Gasteiger partial charge is 0.437 e. The lowest BCUT2D eigenvalue weighted by Gasteiger charge is -2.37. The SMILES string of the molecule is Cc1ccc(Oc2ncnc(N3CCN(c4ccc(F)cc4)CC3)c2N)cc1. The van der Waals surface area contributed by atoms with Crippen molar-refractivity contribution in [3.05, 3.63) is 66.2 Å². The summed E-state index contributed by atoms with van der Waals surface area (Å²) in [5.74, 6) is 1.49. The van der Waals surface area contributed by atoms with Crippen LogP contribution >= 0.6 is 0 Å². The molecule has 0 atom stereocenters. The van der Waals surface area contributed by atoms with Crippen molar-refractivity contribution in [2.24, 2.45) is 0 Å². The first kappa shape index (κ1) is 18.0. The third kappa shape index (κ3) is 3.83. The number of hydrogen-bond acceptors (Lipinski definition) is 6. The molecular weight excluding hydrogens is 357 g/mol. The lowest BCUT2D eigenvalue weighted by atomic mass is 10.2. The van der Waals surface area contributed by atoms with E-state index in [0.717, 1.165) is 37.4 Å². The minimum atomic E-state index is -0.225. The normalized spacial score (nSPS) is 14.2. The standard InChI is InChI=1S/C21H22FN5O/c1-15-2-8-18(9-3-15)28-21-19(23)20(24-14-25-21)27-12-10-26(11-13-27)17-6-4-16(22)5-7-17/h2-9,14H,10-13,23H2,1H3. The van der Waals surface area contributed by atoms with Crippen molar-refractivity contribution >= 4 is 17.2 Å². The highest BCUT2D eigenvalue weighted by molar-refractivity contribution is 5.68. The van der Waals surface area contributed by atoms with Crippen LogP contribution in [-0.2, 0) is 0 Å². The van der Waals surface area contributed by atoms with Gasteiger partial charge in [-0.25, -0.2) is 9.37 Å². The van der Waals surface area contributed by atoms with Crippen molar-refractivity contribution in [3.63, 3.8) is 0 Å². The maximum absolute atomic E-state index is 13.1.